The van der Waals surface area contributed by atoms with Gasteiger partial charge in [-0.2, -0.15) is 0 Å². The summed E-state index contributed by atoms with van der Waals surface area (Å²) in [5.41, 5.74) is 4.68. The van der Waals surface area contributed by atoms with Gasteiger partial charge in [-0.05, 0) is 67.1 Å². The Morgan fingerprint density at radius 3 is 2.59 bits per heavy atom. The lowest BCUT2D eigenvalue weighted by molar-refractivity contribution is 0.0918. The van der Waals surface area contributed by atoms with Crippen molar-refractivity contribution in [3.63, 3.8) is 0 Å². The highest BCUT2D eigenvalue weighted by Gasteiger charge is 2.33. The van der Waals surface area contributed by atoms with Crippen molar-refractivity contribution >= 4 is 33.6 Å². The van der Waals surface area contributed by atoms with E-state index in [-0.39, 0.29) is 30.7 Å². The molecular formula is C30H31N3O3S. The topological polar surface area (TPSA) is 71.5 Å². The zero-order valence-corrected chi connectivity index (χ0v) is 22.0. The standard InChI is InChI=1S/C30H31N3O3S/c1-3-20(2)31-28(34)23-13-11-22(12-14-23)24-15-16-25-27(18-24)37-29(32-25)26-10-7-17-33(26)30(35)36-19-21-8-5-4-6-9-21/h4-6,8-9,11-16,18,20,26H,3,7,10,17,19H2,1-2H3,(H,31,34)/t20?,26-/m0/s1. The van der Waals surface area contributed by atoms with Gasteiger partial charge in [0.2, 0.25) is 0 Å². The van der Waals surface area contributed by atoms with Crippen LogP contribution in [-0.4, -0.2) is 34.5 Å². The summed E-state index contributed by atoms with van der Waals surface area (Å²) in [4.78, 5) is 31.9. The second-order valence-electron chi connectivity index (χ2n) is 9.49. The van der Waals surface area contributed by atoms with Gasteiger partial charge in [-0.1, -0.05) is 55.5 Å². The number of thiazole rings is 1. The molecule has 1 N–H and O–H groups in total. The van der Waals surface area contributed by atoms with Crippen molar-refractivity contribution in [3.8, 4) is 11.1 Å². The van der Waals surface area contributed by atoms with Crippen LogP contribution in [0.15, 0.2) is 72.8 Å². The molecule has 2 amide bonds. The predicted octanol–water partition coefficient (Wildman–Crippen LogP) is 6.97. The molecule has 1 unspecified atom stereocenters. The maximum atomic E-state index is 12.9. The van der Waals surface area contributed by atoms with E-state index < -0.39 is 0 Å². The number of fused-ring (bicyclic) bond motifs is 1. The summed E-state index contributed by atoms with van der Waals surface area (Å²) in [6, 6.07) is 23.7. The number of hydrogen-bond acceptors (Lipinski definition) is 5. The Morgan fingerprint density at radius 2 is 1.84 bits per heavy atom. The zero-order valence-electron chi connectivity index (χ0n) is 21.1. The van der Waals surface area contributed by atoms with E-state index in [2.05, 4.69) is 24.4 Å². The largest absolute Gasteiger partial charge is 0.445 e. The molecule has 1 aromatic heterocycles. The van der Waals surface area contributed by atoms with Gasteiger partial charge in [-0.3, -0.25) is 9.69 Å². The summed E-state index contributed by atoms with van der Waals surface area (Å²) >= 11 is 1.63. The average molecular weight is 514 g/mol. The summed E-state index contributed by atoms with van der Waals surface area (Å²) in [6.07, 6.45) is 2.42. The molecule has 1 aliphatic rings. The summed E-state index contributed by atoms with van der Waals surface area (Å²) in [7, 11) is 0. The van der Waals surface area contributed by atoms with Crippen LogP contribution in [-0.2, 0) is 11.3 Å². The predicted molar refractivity (Wildman–Crippen MR) is 148 cm³/mol. The van der Waals surface area contributed by atoms with Gasteiger partial charge in [-0.25, -0.2) is 9.78 Å². The smallest absolute Gasteiger partial charge is 0.410 e. The Morgan fingerprint density at radius 1 is 1.08 bits per heavy atom. The molecule has 37 heavy (non-hydrogen) atoms. The number of carbonyl (C=O) groups is 2. The van der Waals surface area contributed by atoms with Crippen molar-refractivity contribution < 1.29 is 14.3 Å². The monoisotopic (exact) mass is 513 g/mol. The third kappa shape index (κ3) is 5.67. The van der Waals surface area contributed by atoms with Crippen LogP contribution in [0.5, 0.6) is 0 Å². The first-order valence-corrected chi connectivity index (χ1v) is 13.6. The average Bonchev–Trinajstić information content (AvgIpc) is 3.59. The third-order valence-corrected chi connectivity index (χ3v) is 7.97. The molecule has 5 rings (SSSR count). The first-order chi connectivity index (χ1) is 18.0. The molecule has 0 saturated carbocycles. The molecule has 1 saturated heterocycles. The molecule has 0 aliphatic carbocycles. The minimum atomic E-state index is -0.288. The van der Waals surface area contributed by atoms with Gasteiger partial charge in [0.05, 0.1) is 16.3 Å². The Kier molecular flexibility index (Phi) is 7.51. The maximum Gasteiger partial charge on any atom is 0.410 e. The molecule has 4 aromatic rings. The fourth-order valence-corrected chi connectivity index (χ4v) is 5.69. The number of aromatic nitrogens is 1. The van der Waals surface area contributed by atoms with Crippen molar-refractivity contribution in [2.45, 2.75) is 51.8 Å². The summed E-state index contributed by atoms with van der Waals surface area (Å²) in [5, 5.41) is 3.95. The molecule has 2 heterocycles. The van der Waals surface area contributed by atoms with Crippen LogP contribution in [0.2, 0.25) is 0 Å². The van der Waals surface area contributed by atoms with Gasteiger partial charge in [0.1, 0.15) is 11.6 Å². The fourth-order valence-electron chi connectivity index (χ4n) is 4.53. The van der Waals surface area contributed by atoms with E-state index in [1.54, 1.807) is 11.3 Å². The minimum Gasteiger partial charge on any atom is -0.445 e. The summed E-state index contributed by atoms with van der Waals surface area (Å²) in [6.45, 7) is 5.00. The maximum absolute atomic E-state index is 12.9. The number of amides is 2. The van der Waals surface area contributed by atoms with Crippen molar-refractivity contribution in [1.29, 1.82) is 0 Å². The highest BCUT2D eigenvalue weighted by molar-refractivity contribution is 7.18. The van der Waals surface area contributed by atoms with Gasteiger partial charge in [0.25, 0.3) is 5.91 Å². The van der Waals surface area contributed by atoms with Crippen molar-refractivity contribution in [2.24, 2.45) is 0 Å². The molecule has 190 valence electrons. The van der Waals surface area contributed by atoms with E-state index in [9.17, 15) is 9.59 Å². The van der Waals surface area contributed by atoms with Crippen LogP contribution in [0.25, 0.3) is 21.3 Å². The molecule has 0 radical (unpaired) electrons. The van der Waals surface area contributed by atoms with Crippen LogP contribution in [0.4, 0.5) is 4.79 Å². The van der Waals surface area contributed by atoms with E-state index in [0.717, 1.165) is 51.2 Å². The highest BCUT2D eigenvalue weighted by atomic mass is 32.1. The van der Waals surface area contributed by atoms with Gasteiger partial charge in [0.15, 0.2) is 0 Å². The number of ether oxygens (including phenoxy) is 1. The van der Waals surface area contributed by atoms with Gasteiger partial charge < -0.3 is 10.1 Å². The Hall–Kier alpha value is -3.71. The Labute approximate surface area is 221 Å². The van der Waals surface area contributed by atoms with E-state index in [1.165, 1.54) is 0 Å². The van der Waals surface area contributed by atoms with Gasteiger partial charge in [-0.15, -0.1) is 11.3 Å². The molecule has 7 heteroatoms. The third-order valence-electron chi connectivity index (χ3n) is 6.85. The number of benzene rings is 3. The van der Waals surface area contributed by atoms with Gasteiger partial charge >= 0.3 is 6.09 Å². The molecule has 1 aliphatic heterocycles. The number of likely N-dealkylation sites (tertiary alicyclic amines) is 1. The molecule has 1 fully saturated rings. The molecule has 0 spiro atoms. The van der Waals surface area contributed by atoms with Gasteiger partial charge in [0, 0.05) is 18.2 Å². The van der Waals surface area contributed by atoms with E-state index in [4.69, 9.17) is 9.72 Å². The zero-order chi connectivity index (χ0) is 25.8. The molecular weight excluding hydrogens is 482 g/mol. The lowest BCUT2D eigenvalue weighted by Gasteiger charge is -2.22. The number of nitrogens with one attached hydrogen (secondary N) is 1. The minimum absolute atomic E-state index is 0.0492. The fraction of sp³-hybridized carbons (Fsp3) is 0.300. The number of hydrogen-bond donors (Lipinski definition) is 1. The number of nitrogens with zero attached hydrogens (tertiary/aromatic N) is 2. The molecule has 2 atom stereocenters. The first kappa shape index (κ1) is 25.0. The van der Waals surface area contributed by atoms with Crippen molar-refractivity contribution in [3.05, 3.63) is 88.9 Å². The Bertz CT molecular complexity index is 1380. The lowest BCUT2D eigenvalue weighted by Crippen LogP contribution is -2.31. The normalized spacial score (nSPS) is 16.1. The highest BCUT2D eigenvalue weighted by Crippen LogP contribution is 2.38. The second-order valence-corrected chi connectivity index (χ2v) is 10.5. The number of rotatable bonds is 7. The summed E-state index contributed by atoms with van der Waals surface area (Å²) in [5.74, 6) is -0.0492. The van der Waals surface area contributed by atoms with Crippen LogP contribution < -0.4 is 5.32 Å². The molecule has 6 nitrogen and oxygen atoms in total. The van der Waals surface area contributed by atoms with Crippen LogP contribution in [0.3, 0.4) is 0 Å². The van der Waals surface area contributed by atoms with Crippen LogP contribution in [0.1, 0.15) is 60.1 Å². The van der Waals surface area contributed by atoms with Crippen LogP contribution in [0, 0.1) is 0 Å². The molecule has 3 aromatic carbocycles. The Balaban J connectivity index is 1.30. The van der Waals surface area contributed by atoms with Crippen LogP contribution >= 0.6 is 11.3 Å². The molecule has 0 bridgehead atoms. The van der Waals surface area contributed by atoms with E-state index >= 15 is 0 Å². The SMILES string of the molecule is CCC(C)NC(=O)c1ccc(-c2ccc3nc([C@@H]4CCCN4C(=O)OCc4ccccc4)sc3c2)cc1. The first-order valence-electron chi connectivity index (χ1n) is 12.8. The summed E-state index contributed by atoms with van der Waals surface area (Å²) < 4.78 is 6.68. The second kappa shape index (κ2) is 11.1. The van der Waals surface area contributed by atoms with Crippen molar-refractivity contribution in [2.75, 3.05) is 6.54 Å². The lowest BCUT2D eigenvalue weighted by atomic mass is 10.0. The van der Waals surface area contributed by atoms with E-state index in [1.807, 2.05) is 72.5 Å². The van der Waals surface area contributed by atoms with E-state index in [0.29, 0.717) is 12.1 Å². The van der Waals surface area contributed by atoms with Crippen molar-refractivity contribution in [1.82, 2.24) is 15.2 Å². The number of carbonyl (C=O) groups excluding carboxylic acids is 2. The quantitative estimate of drug-likeness (QED) is 0.290.